The number of nitro groups is 1. The number of aromatic nitrogens is 1. The molecule has 1 aromatic carbocycles. The first-order chi connectivity index (χ1) is 14.1. The average molecular weight is 414 g/mol. The second-order valence-electron chi connectivity index (χ2n) is 5.59. The molecule has 0 aliphatic rings. The molecule has 3 rings (SSSR count). The van der Waals surface area contributed by atoms with Crippen LogP contribution in [0, 0.1) is 10.1 Å². The zero-order valence-corrected chi connectivity index (χ0v) is 16.6. The van der Waals surface area contributed by atoms with Gasteiger partial charge in [0.2, 0.25) is 4.80 Å². The molecule has 0 amide bonds. The highest BCUT2D eigenvalue weighted by molar-refractivity contribution is 7.07. The van der Waals surface area contributed by atoms with E-state index in [0.717, 1.165) is 5.56 Å². The van der Waals surface area contributed by atoms with Gasteiger partial charge in [-0.1, -0.05) is 6.08 Å². The molecule has 0 aliphatic heterocycles. The highest BCUT2D eigenvalue weighted by Gasteiger charge is 2.15. The monoisotopic (exact) mass is 414 g/mol. The number of nitrogens with zero attached hydrogens (tertiary/aromatic N) is 4. The van der Waals surface area contributed by atoms with Gasteiger partial charge in [0.05, 0.1) is 38.7 Å². The van der Waals surface area contributed by atoms with Crippen LogP contribution < -0.4 is 14.3 Å². The van der Waals surface area contributed by atoms with Crippen molar-refractivity contribution in [3.8, 4) is 22.8 Å². The van der Waals surface area contributed by atoms with Gasteiger partial charge in [-0.3, -0.25) is 15.1 Å². The number of benzene rings is 1. The molecule has 3 aromatic rings. The van der Waals surface area contributed by atoms with Crippen LogP contribution >= 0.6 is 11.3 Å². The number of methoxy groups -OCH3 is 2. The highest BCUT2D eigenvalue weighted by atomic mass is 32.1. The van der Waals surface area contributed by atoms with E-state index in [-0.39, 0.29) is 11.6 Å². The van der Waals surface area contributed by atoms with E-state index in [2.05, 4.69) is 16.7 Å². The third-order valence-electron chi connectivity index (χ3n) is 3.82. The van der Waals surface area contributed by atoms with Crippen LogP contribution in [0.5, 0.6) is 11.5 Å². The Morgan fingerprint density at radius 3 is 2.79 bits per heavy atom. The second kappa shape index (κ2) is 9.02. The smallest absolute Gasteiger partial charge is 0.433 e. The maximum absolute atomic E-state index is 10.8. The van der Waals surface area contributed by atoms with Gasteiger partial charge in [-0.2, -0.15) is 5.10 Å². The van der Waals surface area contributed by atoms with Crippen molar-refractivity contribution in [3.63, 3.8) is 0 Å². The van der Waals surface area contributed by atoms with E-state index in [9.17, 15) is 10.1 Å². The van der Waals surface area contributed by atoms with E-state index < -0.39 is 4.92 Å². The number of hydrogen-bond donors (Lipinski definition) is 0. The fourth-order valence-electron chi connectivity index (χ4n) is 2.49. The summed E-state index contributed by atoms with van der Waals surface area (Å²) < 4.78 is 17.6. The molecule has 0 unspecified atom stereocenters. The second-order valence-corrected chi connectivity index (χ2v) is 6.43. The molecule has 0 fully saturated rings. The van der Waals surface area contributed by atoms with Gasteiger partial charge in [0.1, 0.15) is 16.4 Å². The van der Waals surface area contributed by atoms with Crippen molar-refractivity contribution in [2.75, 3.05) is 20.8 Å². The molecule has 10 heteroatoms. The van der Waals surface area contributed by atoms with E-state index in [1.165, 1.54) is 29.7 Å². The fraction of sp³-hybridized carbons (Fsp3) is 0.158. The lowest BCUT2D eigenvalue weighted by Gasteiger charge is -2.10. The molecule has 0 N–H and O–H groups in total. The predicted octanol–water partition coefficient (Wildman–Crippen LogP) is 3.70. The maximum atomic E-state index is 10.8. The molecule has 9 nitrogen and oxygen atoms in total. The van der Waals surface area contributed by atoms with Gasteiger partial charge in [0.25, 0.3) is 0 Å². The summed E-state index contributed by atoms with van der Waals surface area (Å²) in [6, 6.07) is 8.18. The van der Waals surface area contributed by atoms with Crippen molar-refractivity contribution in [3.05, 3.63) is 69.0 Å². The normalized spacial score (nSPS) is 11.7. The molecule has 0 bridgehead atoms. The Hall–Kier alpha value is -3.66. The molecule has 150 valence electrons. The summed E-state index contributed by atoms with van der Waals surface area (Å²) in [5.41, 5.74) is 1.47. The van der Waals surface area contributed by atoms with Crippen LogP contribution in [0.2, 0.25) is 0 Å². The first-order valence-corrected chi connectivity index (χ1v) is 9.28. The van der Waals surface area contributed by atoms with Crippen LogP contribution in [0.4, 0.5) is 5.88 Å². The summed E-state index contributed by atoms with van der Waals surface area (Å²) in [5.74, 6) is 1.19. The van der Waals surface area contributed by atoms with Crippen molar-refractivity contribution < 1.29 is 18.8 Å². The Bertz CT molecular complexity index is 1130. The SMILES string of the molecule is C=CCN=c1scc(-c2cc(OC)ccc2OC)n1N=Cc1ccc([N+](=O)[O-])o1. The van der Waals surface area contributed by atoms with Crippen LogP contribution in [0.25, 0.3) is 11.3 Å². The topological polar surface area (TPSA) is 104 Å². The van der Waals surface area contributed by atoms with Gasteiger partial charge >= 0.3 is 5.88 Å². The Balaban J connectivity index is 2.12. The average Bonchev–Trinajstić information content (AvgIpc) is 3.37. The summed E-state index contributed by atoms with van der Waals surface area (Å²) >= 11 is 1.39. The van der Waals surface area contributed by atoms with Crippen LogP contribution in [0.1, 0.15) is 5.76 Å². The minimum Gasteiger partial charge on any atom is -0.497 e. The van der Waals surface area contributed by atoms with Crippen molar-refractivity contribution in [2.45, 2.75) is 0 Å². The molecular formula is C19H18N4O5S. The lowest BCUT2D eigenvalue weighted by molar-refractivity contribution is -0.402. The molecule has 0 atom stereocenters. The first-order valence-electron chi connectivity index (χ1n) is 8.40. The molecule has 0 saturated heterocycles. The lowest BCUT2D eigenvalue weighted by Crippen LogP contribution is -2.12. The van der Waals surface area contributed by atoms with E-state index >= 15 is 0 Å². The molecule has 0 aliphatic carbocycles. The van der Waals surface area contributed by atoms with Crippen molar-refractivity contribution >= 4 is 23.4 Å². The third kappa shape index (κ3) is 4.43. The molecule has 0 saturated carbocycles. The summed E-state index contributed by atoms with van der Waals surface area (Å²) in [5, 5.41) is 17.1. The predicted molar refractivity (Wildman–Crippen MR) is 110 cm³/mol. The minimum absolute atomic E-state index is 0.244. The van der Waals surface area contributed by atoms with E-state index in [0.29, 0.717) is 28.5 Å². The molecule has 0 radical (unpaired) electrons. The Morgan fingerprint density at radius 2 is 2.14 bits per heavy atom. The molecule has 2 heterocycles. The lowest BCUT2D eigenvalue weighted by atomic mass is 10.1. The minimum atomic E-state index is -0.605. The number of hydrogen-bond acceptors (Lipinski definition) is 8. The van der Waals surface area contributed by atoms with Crippen molar-refractivity contribution in [1.82, 2.24) is 4.68 Å². The fourth-order valence-corrected chi connectivity index (χ4v) is 3.32. The van der Waals surface area contributed by atoms with Crippen LogP contribution in [-0.2, 0) is 0 Å². The van der Waals surface area contributed by atoms with Crippen LogP contribution in [0.15, 0.2) is 62.9 Å². The number of furan rings is 1. The number of ether oxygens (including phenoxy) is 2. The van der Waals surface area contributed by atoms with E-state index in [1.807, 2.05) is 11.4 Å². The first kappa shape index (κ1) is 20.1. The molecular weight excluding hydrogens is 396 g/mol. The third-order valence-corrected chi connectivity index (χ3v) is 4.67. The highest BCUT2D eigenvalue weighted by Crippen LogP contribution is 2.33. The van der Waals surface area contributed by atoms with E-state index in [4.69, 9.17) is 13.9 Å². The zero-order valence-electron chi connectivity index (χ0n) is 15.8. The Morgan fingerprint density at radius 1 is 1.31 bits per heavy atom. The number of rotatable bonds is 8. The van der Waals surface area contributed by atoms with Gasteiger partial charge in [-0.05, 0) is 24.3 Å². The quantitative estimate of drug-likeness (QED) is 0.242. The van der Waals surface area contributed by atoms with Crippen LogP contribution in [0.3, 0.4) is 0 Å². The van der Waals surface area contributed by atoms with E-state index in [1.54, 1.807) is 37.1 Å². The number of thiazole rings is 1. The van der Waals surface area contributed by atoms with Crippen molar-refractivity contribution in [1.29, 1.82) is 0 Å². The summed E-state index contributed by atoms with van der Waals surface area (Å²) in [7, 11) is 3.16. The zero-order chi connectivity index (χ0) is 20.8. The summed E-state index contributed by atoms with van der Waals surface area (Å²) in [6.45, 7) is 4.09. The standard InChI is InChI=1S/C19H18N4O5S/c1-4-9-20-19-22(21-11-14-6-8-18(28-14)23(24)25)16(12-29-19)15-10-13(26-2)5-7-17(15)27-3/h4-8,10-12H,1,9H2,2-3H3. The summed E-state index contributed by atoms with van der Waals surface area (Å²) in [6.07, 6.45) is 3.07. The van der Waals surface area contributed by atoms with Gasteiger partial charge in [-0.15, -0.1) is 17.9 Å². The van der Waals surface area contributed by atoms with Gasteiger partial charge in [-0.25, -0.2) is 4.68 Å². The van der Waals surface area contributed by atoms with Crippen molar-refractivity contribution in [2.24, 2.45) is 10.1 Å². The molecule has 29 heavy (non-hydrogen) atoms. The van der Waals surface area contributed by atoms with Gasteiger partial charge in [0, 0.05) is 10.9 Å². The Labute approximate surface area is 170 Å². The largest absolute Gasteiger partial charge is 0.497 e. The van der Waals surface area contributed by atoms with Gasteiger partial charge < -0.3 is 13.9 Å². The molecule has 0 spiro atoms. The molecule has 2 aromatic heterocycles. The van der Waals surface area contributed by atoms with Gasteiger partial charge in [0.15, 0.2) is 5.76 Å². The Kier molecular flexibility index (Phi) is 6.25. The maximum Gasteiger partial charge on any atom is 0.433 e. The summed E-state index contributed by atoms with van der Waals surface area (Å²) in [4.78, 5) is 15.3. The van der Waals surface area contributed by atoms with Crippen LogP contribution in [-0.4, -0.2) is 36.6 Å².